The number of rotatable bonds is 3. The van der Waals surface area contributed by atoms with Gasteiger partial charge in [-0.15, -0.1) is 13.2 Å². The molecule has 1 aromatic carbocycles. The summed E-state index contributed by atoms with van der Waals surface area (Å²) in [7, 11) is -3.28. The summed E-state index contributed by atoms with van der Waals surface area (Å²) in [4.78, 5) is 12.1. The van der Waals surface area contributed by atoms with E-state index in [0.717, 1.165) is 6.07 Å². The van der Waals surface area contributed by atoms with Crippen LogP contribution in [-0.4, -0.2) is 32.1 Å². The third-order valence-electron chi connectivity index (χ3n) is 2.98. The topological polar surface area (TPSA) is 60.4 Å². The van der Waals surface area contributed by atoms with Crippen LogP contribution in [0.15, 0.2) is 24.3 Å². The highest BCUT2D eigenvalue weighted by Gasteiger charge is 2.37. The van der Waals surface area contributed by atoms with Crippen molar-refractivity contribution in [2.75, 3.05) is 11.5 Å². The minimum absolute atomic E-state index is 0.119. The Morgan fingerprint density at radius 3 is 2.45 bits per heavy atom. The average Bonchev–Trinajstić information content (AvgIpc) is 2.67. The number of benzene rings is 1. The maximum absolute atomic E-state index is 12.3. The molecule has 1 aromatic rings. The summed E-state index contributed by atoms with van der Waals surface area (Å²) in [5, 5.41) is 0. The average molecular weight is 308 g/mol. The first-order chi connectivity index (χ1) is 9.18. The van der Waals surface area contributed by atoms with Crippen LogP contribution in [0.25, 0.3) is 0 Å². The molecule has 1 heterocycles. The highest BCUT2D eigenvalue weighted by Crippen LogP contribution is 2.30. The first-order valence-electron chi connectivity index (χ1n) is 5.77. The minimum atomic E-state index is -4.90. The number of ketones is 1. The molecule has 110 valence electrons. The Kier molecular flexibility index (Phi) is 3.77. The van der Waals surface area contributed by atoms with Crippen molar-refractivity contribution in [1.82, 2.24) is 0 Å². The Labute approximate surface area is 113 Å². The van der Waals surface area contributed by atoms with E-state index in [1.54, 1.807) is 0 Å². The molecule has 0 saturated carbocycles. The van der Waals surface area contributed by atoms with Gasteiger partial charge >= 0.3 is 6.36 Å². The Bertz CT molecular complexity index is 622. The Balaban J connectivity index is 2.27. The van der Waals surface area contributed by atoms with Gasteiger partial charge in [0.1, 0.15) is 5.75 Å². The minimum Gasteiger partial charge on any atom is -0.405 e. The number of carbonyl (C=O) groups excluding carboxylic acids is 1. The van der Waals surface area contributed by atoms with Crippen LogP contribution < -0.4 is 4.74 Å². The van der Waals surface area contributed by atoms with Crippen LogP contribution in [0.1, 0.15) is 16.8 Å². The highest BCUT2D eigenvalue weighted by atomic mass is 32.2. The predicted molar refractivity (Wildman–Crippen MR) is 64.2 cm³/mol. The van der Waals surface area contributed by atoms with E-state index in [4.69, 9.17) is 0 Å². The number of ether oxygens (including phenoxy) is 1. The number of hydrogen-bond donors (Lipinski definition) is 0. The molecule has 0 aliphatic carbocycles. The fourth-order valence-electron chi connectivity index (χ4n) is 2.11. The van der Waals surface area contributed by atoms with E-state index in [2.05, 4.69) is 4.74 Å². The maximum atomic E-state index is 12.3. The maximum Gasteiger partial charge on any atom is 0.573 e. The summed E-state index contributed by atoms with van der Waals surface area (Å²) >= 11 is 0. The van der Waals surface area contributed by atoms with E-state index in [-0.39, 0.29) is 23.5 Å². The smallest absolute Gasteiger partial charge is 0.405 e. The normalized spacial score (nSPS) is 21.6. The molecule has 0 N–H and O–H groups in total. The van der Waals surface area contributed by atoms with Gasteiger partial charge in [-0.1, -0.05) is 12.1 Å². The zero-order chi connectivity index (χ0) is 15.0. The molecule has 1 aliphatic heterocycles. The third-order valence-corrected chi connectivity index (χ3v) is 4.75. The highest BCUT2D eigenvalue weighted by molar-refractivity contribution is 7.91. The van der Waals surface area contributed by atoms with Crippen LogP contribution in [0.5, 0.6) is 5.75 Å². The summed E-state index contributed by atoms with van der Waals surface area (Å²) < 4.78 is 63.2. The van der Waals surface area contributed by atoms with Gasteiger partial charge in [0, 0.05) is 5.92 Å². The van der Waals surface area contributed by atoms with Crippen LogP contribution >= 0.6 is 0 Å². The number of Topliss-reactive ketones (excluding diaryl/α,β-unsaturated/α-hetero) is 1. The lowest BCUT2D eigenvalue weighted by molar-refractivity contribution is -0.274. The molecule has 1 atom stereocenters. The number of hydrogen-bond acceptors (Lipinski definition) is 4. The fraction of sp³-hybridized carbons (Fsp3) is 0.417. The molecule has 0 aromatic heterocycles. The Hall–Kier alpha value is -1.57. The second kappa shape index (κ2) is 5.08. The van der Waals surface area contributed by atoms with Crippen LogP contribution in [0, 0.1) is 5.92 Å². The summed E-state index contributed by atoms with van der Waals surface area (Å²) in [6.07, 6.45) is -4.78. The molecule has 0 radical (unpaired) electrons. The lowest BCUT2D eigenvalue weighted by atomic mass is 9.96. The zero-order valence-corrected chi connectivity index (χ0v) is 11.0. The van der Waals surface area contributed by atoms with Crippen LogP contribution in [0.2, 0.25) is 0 Å². The lowest BCUT2D eigenvalue weighted by Crippen LogP contribution is -2.21. The molecule has 0 amide bonds. The predicted octanol–water partition coefficient (Wildman–Crippen LogP) is 2.20. The molecule has 0 bridgehead atoms. The van der Waals surface area contributed by atoms with Gasteiger partial charge in [-0.05, 0) is 18.6 Å². The third kappa shape index (κ3) is 3.50. The second-order valence-corrected chi connectivity index (χ2v) is 6.74. The van der Waals surface area contributed by atoms with Gasteiger partial charge in [0.25, 0.3) is 0 Å². The van der Waals surface area contributed by atoms with Gasteiger partial charge in [0.2, 0.25) is 0 Å². The van der Waals surface area contributed by atoms with Gasteiger partial charge < -0.3 is 4.74 Å². The van der Waals surface area contributed by atoms with Crippen molar-refractivity contribution in [3.05, 3.63) is 29.8 Å². The van der Waals surface area contributed by atoms with Crippen molar-refractivity contribution in [3.63, 3.8) is 0 Å². The van der Waals surface area contributed by atoms with Crippen molar-refractivity contribution in [3.8, 4) is 5.75 Å². The van der Waals surface area contributed by atoms with Crippen LogP contribution in [0.3, 0.4) is 0 Å². The van der Waals surface area contributed by atoms with E-state index in [1.165, 1.54) is 18.2 Å². The quantitative estimate of drug-likeness (QED) is 0.803. The fourth-order valence-corrected chi connectivity index (χ4v) is 3.85. The van der Waals surface area contributed by atoms with E-state index in [9.17, 15) is 26.4 Å². The largest absolute Gasteiger partial charge is 0.573 e. The molecule has 1 fully saturated rings. The van der Waals surface area contributed by atoms with E-state index >= 15 is 0 Å². The zero-order valence-electron chi connectivity index (χ0n) is 10.2. The molecule has 8 heteroatoms. The van der Waals surface area contributed by atoms with Crippen LogP contribution in [0.4, 0.5) is 13.2 Å². The molecule has 4 nitrogen and oxygen atoms in total. The monoisotopic (exact) mass is 308 g/mol. The number of sulfone groups is 1. The Morgan fingerprint density at radius 1 is 1.25 bits per heavy atom. The summed E-state index contributed by atoms with van der Waals surface area (Å²) in [6, 6.07) is 4.95. The molecule has 20 heavy (non-hydrogen) atoms. The van der Waals surface area contributed by atoms with E-state index in [0.29, 0.717) is 0 Å². The van der Waals surface area contributed by atoms with E-state index < -0.39 is 33.7 Å². The van der Waals surface area contributed by atoms with Crippen LogP contribution in [-0.2, 0) is 9.84 Å². The van der Waals surface area contributed by atoms with Gasteiger partial charge in [-0.25, -0.2) is 8.42 Å². The van der Waals surface area contributed by atoms with Crippen molar-refractivity contribution in [1.29, 1.82) is 0 Å². The first-order valence-corrected chi connectivity index (χ1v) is 7.59. The van der Waals surface area contributed by atoms with Gasteiger partial charge in [-0.3, -0.25) is 4.79 Å². The van der Waals surface area contributed by atoms with E-state index in [1.807, 2.05) is 0 Å². The van der Waals surface area contributed by atoms with Crippen molar-refractivity contribution >= 4 is 15.6 Å². The lowest BCUT2D eigenvalue weighted by Gasteiger charge is -2.14. The molecule has 1 unspecified atom stereocenters. The molecular weight excluding hydrogens is 297 g/mol. The van der Waals surface area contributed by atoms with Crippen molar-refractivity contribution in [2.45, 2.75) is 12.8 Å². The standard InChI is InChI=1S/C12H11F3O4S/c13-12(14,15)19-10-4-2-1-3-9(10)11(16)8-5-6-20(17,18)7-8/h1-4,8H,5-7H2. The van der Waals surface area contributed by atoms with Gasteiger partial charge in [-0.2, -0.15) is 0 Å². The molecule has 1 saturated heterocycles. The molecule has 2 rings (SSSR count). The molecule has 0 spiro atoms. The number of halogens is 3. The Morgan fingerprint density at radius 2 is 1.90 bits per heavy atom. The number of carbonyl (C=O) groups is 1. The second-order valence-electron chi connectivity index (χ2n) is 4.51. The molecule has 1 aliphatic rings. The summed E-state index contributed by atoms with van der Waals surface area (Å²) in [5.74, 6) is -2.49. The SMILES string of the molecule is O=C(c1ccccc1OC(F)(F)F)C1CCS(=O)(=O)C1. The van der Waals surface area contributed by atoms with Gasteiger partial charge in [0.15, 0.2) is 15.6 Å². The summed E-state index contributed by atoms with van der Waals surface area (Å²) in [5.41, 5.74) is -0.244. The van der Waals surface area contributed by atoms with Crippen molar-refractivity contribution in [2.24, 2.45) is 5.92 Å². The first kappa shape index (κ1) is 14.8. The number of alkyl halides is 3. The summed E-state index contributed by atoms with van der Waals surface area (Å²) in [6.45, 7) is 0. The van der Waals surface area contributed by atoms with Crippen molar-refractivity contribution < 1.29 is 31.1 Å². The molecular formula is C12H11F3O4S. The van der Waals surface area contributed by atoms with Gasteiger partial charge in [0.05, 0.1) is 17.1 Å². The number of para-hydroxylation sites is 1.